The molecule has 0 fully saturated rings. The summed E-state index contributed by atoms with van der Waals surface area (Å²) in [4.78, 5) is 4.00. The molecule has 1 heterocycles. The molecule has 19 heavy (non-hydrogen) atoms. The van der Waals surface area contributed by atoms with Gasteiger partial charge in [-0.05, 0) is 28.4 Å². The number of benzene rings is 1. The molecule has 0 saturated heterocycles. The molecule has 0 aliphatic rings. The van der Waals surface area contributed by atoms with Gasteiger partial charge in [0.05, 0.1) is 23.2 Å². The standard InChI is InChI=1S/C13H13BrClFN2O/c1-2-5-18-7-17-6-10(18)13(19)8-3-4-9(14)11(15)12(8)16/h3-4,6-7,13,19H,2,5H2,1H3. The Balaban J connectivity index is 2.41. The summed E-state index contributed by atoms with van der Waals surface area (Å²) in [5.41, 5.74) is 0.699. The smallest absolute Gasteiger partial charge is 0.149 e. The normalized spacial score (nSPS) is 12.7. The van der Waals surface area contributed by atoms with Crippen molar-refractivity contribution < 1.29 is 9.50 Å². The van der Waals surface area contributed by atoms with E-state index in [4.69, 9.17) is 11.6 Å². The molecule has 102 valence electrons. The van der Waals surface area contributed by atoms with E-state index in [9.17, 15) is 9.50 Å². The van der Waals surface area contributed by atoms with Crippen LogP contribution in [-0.4, -0.2) is 14.7 Å². The molecule has 0 bridgehead atoms. The zero-order valence-electron chi connectivity index (χ0n) is 10.3. The number of nitrogens with zero attached hydrogens (tertiary/aromatic N) is 2. The Bertz CT molecular complexity index is 588. The first kappa shape index (κ1) is 14.5. The summed E-state index contributed by atoms with van der Waals surface area (Å²) in [5, 5.41) is 10.3. The molecular formula is C13H13BrClFN2O. The third-order valence-corrected chi connectivity index (χ3v) is 4.11. The Morgan fingerprint density at radius 3 is 2.95 bits per heavy atom. The lowest BCUT2D eigenvalue weighted by Gasteiger charge is -2.15. The zero-order chi connectivity index (χ0) is 14.0. The van der Waals surface area contributed by atoms with E-state index >= 15 is 0 Å². The SMILES string of the molecule is CCCn1cncc1C(O)c1ccc(Br)c(Cl)c1F. The molecule has 1 aromatic heterocycles. The van der Waals surface area contributed by atoms with Crippen molar-refractivity contribution in [1.29, 1.82) is 0 Å². The van der Waals surface area contributed by atoms with E-state index in [1.807, 2.05) is 6.92 Å². The van der Waals surface area contributed by atoms with E-state index in [1.54, 1.807) is 17.0 Å². The maximum absolute atomic E-state index is 14.1. The van der Waals surface area contributed by atoms with Gasteiger partial charge in [-0.25, -0.2) is 9.37 Å². The van der Waals surface area contributed by atoms with Gasteiger partial charge in [-0.2, -0.15) is 0 Å². The van der Waals surface area contributed by atoms with Crippen LogP contribution in [0.25, 0.3) is 0 Å². The van der Waals surface area contributed by atoms with Gasteiger partial charge in [-0.1, -0.05) is 24.6 Å². The summed E-state index contributed by atoms with van der Waals surface area (Å²) in [7, 11) is 0. The van der Waals surface area contributed by atoms with Crippen LogP contribution in [0.1, 0.15) is 30.7 Å². The first-order chi connectivity index (χ1) is 9.06. The Hall–Kier alpha value is -0.910. The minimum Gasteiger partial charge on any atom is -0.382 e. The van der Waals surface area contributed by atoms with Crippen LogP contribution >= 0.6 is 27.5 Å². The van der Waals surface area contributed by atoms with Gasteiger partial charge in [0.1, 0.15) is 11.9 Å². The first-order valence-electron chi connectivity index (χ1n) is 5.87. The van der Waals surface area contributed by atoms with E-state index in [0.717, 1.165) is 13.0 Å². The molecule has 0 amide bonds. The number of rotatable bonds is 4. The van der Waals surface area contributed by atoms with Crippen molar-refractivity contribution >= 4 is 27.5 Å². The highest BCUT2D eigenvalue weighted by atomic mass is 79.9. The molecule has 0 aliphatic heterocycles. The van der Waals surface area contributed by atoms with Crippen molar-refractivity contribution in [1.82, 2.24) is 9.55 Å². The molecule has 0 aliphatic carbocycles. The van der Waals surface area contributed by atoms with Gasteiger partial charge >= 0.3 is 0 Å². The quantitative estimate of drug-likeness (QED) is 0.851. The monoisotopic (exact) mass is 346 g/mol. The van der Waals surface area contributed by atoms with Gasteiger partial charge in [0.25, 0.3) is 0 Å². The van der Waals surface area contributed by atoms with Crippen LogP contribution in [0.5, 0.6) is 0 Å². The predicted octanol–water partition coefficient (Wildman–Crippen LogP) is 3.93. The summed E-state index contributed by atoms with van der Waals surface area (Å²) in [6.07, 6.45) is 2.98. The van der Waals surface area contributed by atoms with Crippen molar-refractivity contribution in [2.45, 2.75) is 26.0 Å². The van der Waals surface area contributed by atoms with Crippen molar-refractivity contribution in [3.8, 4) is 0 Å². The Morgan fingerprint density at radius 1 is 1.53 bits per heavy atom. The van der Waals surface area contributed by atoms with E-state index in [1.165, 1.54) is 12.3 Å². The summed E-state index contributed by atoms with van der Waals surface area (Å²) < 4.78 is 16.3. The summed E-state index contributed by atoms with van der Waals surface area (Å²) in [6.45, 7) is 2.74. The molecule has 2 aromatic rings. The van der Waals surface area contributed by atoms with Crippen molar-refractivity contribution in [3.63, 3.8) is 0 Å². The highest BCUT2D eigenvalue weighted by molar-refractivity contribution is 9.10. The molecule has 0 radical (unpaired) electrons. The second-order valence-electron chi connectivity index (χ2n) is 4.18. The fourth-order valence-corrected chi connectivity index (χ4v) is 2.38. The molecule has 1 N–H and O–H groups in total. The summed E-state index contributed by atoms with van der Waals surface area (Å²) >= 11 is 8.98. The molecule has 0 saturated carbocycles. The van der Waals surface area contributed by atoms with E-state index in [2.05, 4.69) is 20.9 Å². The number of aryl methyl sites for hydroxylation is 1. The fraction of sp³-hybridized carbons (Fsp3) is 0.308. The zero-order valence-corrected chi connectivity index (χ0v) is 12.6. The molecular weight excluding hydrogens is 335 g/mol. The van der Waals surface area contributed by atoms with Crippen LogP contribution in [0, 0.1) is 5.82 Å². The third kappa shape index (κ3) is 2.83. The van der Waals surface area contributed by atoms with Gasteiger partial charge in [-0.3, -0.25) is 0 Å². The van der Waals surface area contributed by atoms with Crippen molar-refractivity contribution in [2.24, 2.45) is 0 Å². The second kappa shape index (κ2) is 6.03. The van der Waals surface area contributed by atoms with Crippen LogP contribution < -0.4 is 0 Å². The average molecular weight is 348 g/mol. The minimum atomic E-state index is -1.08. The Morgan fingerprint density at radius 2 is 2.26 bits per heavy atom. The van der Waals surface area contributed by atoms with Crippen LogP contribution in [-0.2, 0) is 6.54 Å². The number of hydrogen-bond acceptors (Lipinski definition) is 2. The minimum absolute atomic E-state index is 0.0295. The second-order valence-corrected chi connectivity index (χ2v) is 5.41. The molecule has 6 heteroatoms. The van der Waals surface area contributed by atoms with Crippen LogP contribution in [0.15, 0.2) is 29.1 Å². The maximum atomic E-state index is 14.1. The van der Waals surface area contributed by atoms with E-state index in [0.29, 0.717) is 10.2 Å². The topological polar surface area (TPSA) is 38.0 Å². The lowest BCUT2D eigenvalue weighted by molar-refractivity contribution is 0.204. The lowest BCUT2D eigenvalue weighted by Crippen LogP contribution is -2.10. The Labute approximate surface area is 124 Å². The molecule has 1 aromatic carbocycles. The summed E-state index contributed by atoms with van der Waals surface area (Å²) in [6, 6.07) is 3.13. The number of aliphatic hydroxyl groups is 1. The van der Waals surface area contributed by atoms with Crippen LogP contribution in [0.2, 0.25) is 5.02 Å². The lowest BCUT2D eigenvalue weighted by atomic mass is 10.1. The third-order valence-electron chi connectivity index (χ3n) is 2.85. The number of aliphatic hydroxyl groups excluding tert-OH is 1. The highest BCUT2D eigenvalue weighted by Gasteiger charge is 2.21. The van der Waals surface area contributed by atoms with Gasteiger partial charge in [0.15, 0.2) is 0 Å². The number of aromatic nitrogens is 2. The number of imidazole rings is 1. The molecule has 1 atom stereocenters. The van der Waals surface area contributed by atoms with E-state index in [-0.39, 0.29) is 10.6 Å². The van der Waals surface area contributed by atoms with Crippen LogP contribution in [0.3, 0.4) is 0 Å². The molecule has 3 nitrogen and oxygen atoms in total. The number of halogens is 3. The van der Waals surface area contributed by atoms with Crippen molar-refractivity contribution in [2.75, 3.05) is 0 Å². The van der Waals surface area contributed by atoms with Gasteiger partial charge in [-0.15, -0.1) is 0 Å². The Kier molecular flexibility index (Phi) is 4.60. The maximum Gasteiger partial charge on any atom is 0.149 e. The fourth-order valence-electron chi connectivity index (χ4n) is 1.90. The van der Waals surface area contributed by atoms with Crippen LogP contribution in [0.4, 0.5) is 4.39 Å². The first-order valence-corrected chi connectivity index (χ1v) is 7.04. The van der Waals surface area contributed by atoms with E-state index < -0.39 is 11.9 Å². The molecule has 0 spiro atoms. The highest BCUT2D eigenvalue weighted by Crippen LogP contribution is 2.32. The predicted molar refractivity (Wildman–Crippen MR) is 75.7 cm³/mol. The van der Waals surface area contributed by atoms with Gasteiger partial charge in [0.2, 0.25) is 0 Å². The summed E-state index contributed by atoms with van der Waals surface area (Å²) in [5.74, 6) is -0.618. The van der Waals surface area contributed by atoms with Gasteiger partial charge < -0.3 is 9.67 Å². The number of hydrogen-bond donors (Lipinski definition) is 1. The molecule has 1 unspecified atom stereocenters. The largest absolute Gasteiger partial charge is 0.382 e. The van der Waals surface area contributed by atoms with Crippen molar-refractivity contribution in [3.05, 3.63) is 51.2 Å². The van der Waals surface area contributed by atoms with Gasteiger partial charge in [0, 0.05) is 16.6 Å². The molecule has 2 rings (SSSR count). The average Bonchev–Trinajstić information content (AvgIpc) is 2.84.